The lowest BCUT2D eigenvalue weighted by Crippen LogP contribution is -2.48. The van der Waals surface area contributed by atoms with E-state index in [2.05, 4.69) is 4.90 Å². The van der Waals surface area contributed by atoms with Crippen LogP contribution in [-0.2, 0) is 4.79 Å². The summed E-state index contributed by atoms with van der Waals surface area (Å²) >= 11 is 0. The average molecular weight is 394 g/mol. The second kappa shape index (κ2) is 9.28. The molecule has 0 spiro atoms. The van der Waals surface area contributed by atoms with Crippen molar-refractivity contribution in [3.05, 3.63) is 59.7 Å². The molecule has 0 unspecified atom stereocenters. The second-order valence-electron chi connectivity index (χ2n) is 6.89. The number of carbonyl (C=O) groups is 2. The van der Waals surface area contributed by atoms with Crippen molar-refractivity contribution in [3.8, 4) is 11.5 Å². The molecule has 0 saturated carbocycles. The molecule has 2 aromatic rings. The van der Waals surface area contributed by atoms with E-state index in [9.17, 15) is 9.59 Å². The fourth-order valence-corrected chi connectivity index (χ4v) is 3.29. The Morgan fingerprint density at radius 2 is 1.48 bits per heavy atom. The van der Waals surface area contributed by atoms with Crippen LogP contribution >= 0.6 is 0 Å². The summed E-state index contributed by atoms with van der Waals surface area (Å²) in [4.78, 5) is 28.0. The number of nitrogens with zero attached hydrogens (tertiary/aromatic N) is 2. The number of benzene rings is 2. The lowest BCUT2D eigenvalue weighted by atomic mass is 10.1. The van der Waals surface area contributed by atoms with Gasteiger partial charge in [0.1, 0.15) is 11.5 Å². The maximum Gasteiger partial charge on any atom is 0.246 e. The number of anilines is 1. The molecule has 1 amide bonds. The molecule has 1 aliphatic heterocycles. The molecule has 29 heavy (non-hydrogen) atoms. The van der Waals surface area contributed by atoms with Crippen molar-refractivity contribution in [2.24, 2.45) is 0 Å². The van der Waals surface area contributed by atoms with Crippen LogP contribution in [0.3, 0.4) is 0 Å². The maximum atomic E-state index is 12.6. The fourth-order valence-electron chi connectivity index (χ4n) is 3.29. The normalized spacial score (nSPS) is 14.2. The van der Waals surface area contributed by atoms with E-state index in [0.717, 1.165) is 24.3 Å². The lowest BCUT2D eigenvalue weighted by Gasteiger charge is -2.35. The van der Waals surface area contributed by atoms with Crippen LogP contribution in [-0.4, -0.2) is 57.0 Å². The molecule has 6 heteroatoms. The van der Waals surface area contributed by atoms with Crippen LogP contribution in [0.25, 0.3) is 6.08 Å². The molecule has 3 rings (SSSR count). The van der Waals surface area contributed by atoms with Crippen molar-refractivity contribution in [1.29, 1.82) is 0 Å². The van der Waals surface area contributed by atoms with Gasteiger partial charge in [-0.1, -0.05) is 0 Å². The molecule has 1 saturated heterocycles. The van der Waals surface area contributed by atoms with Gasteiger partial charge in [-0.25, -0.2) is 0 Å². The molecule has 1 aliphatic rings. The van der Waals surface area contributed by atoms with Gasteiger partial charge in [0.2, 0.25) is 5.91 Å². The van der Waals surface area contributed by atoms with Crippen molar-refractivity contribution < 1.29 is 19.1 Å². The van der Waals surface area contributed by atoms with E-state index in [4.69, 9.17) is 9.47 Å². The van der Waals surface area contributed by atoms with Crippen molar-refractivity contribution >= 4 is 23.5 Å². The van der Waals surface area contributed by atoms with Gasteiger partial charge in [-0.15, -0.1) is 0 Å². The number of piperazine rings is 1. The van der Waals surface area contributed by atoms with E-state index >= 15 is 0 Å². The Labute approximate surface area is 171 Å². The van der Waals surface area contributed by atoms with Crippen LogP contribution in [0.15, 0.2) is 48.5 Å². The molecule has 0 aromatic heterocycles. The number of hydrogen-bond acceptors (Lipinski definition) is 5. The Bertz CT molecular complexity index is 875. The predicted octanol–water partition coefficient (Wildman–Crippen LogP) is 3.27. The third-order valence-electron chi connectivity index (χ3n) is 5.02. The highest BCUT2D eigenvalue weighted by Crippen LogP contribution is 2.23. The zero-order valence-corrected chi connectivity index (χ0v) is 17.1. The summed E-state index contributed by atoms with van der Waals surface area (Å²) in [5.41, 5.74) is 2.63. The fraction of sp³-hybridized carbons (Fsp3) is 0.304. The first-order valence-electron chi connectivity index (χ1n) is 9.56. The first kappa shape index (κ1) is 20.5. The van der Waals surface area contributed by atoms with Gasteiger partial charge in [0, 0.05) is 49.6 Å². The summed E-state index contributed by atoms with van der Waals surface area (Å²) in [7, 11) is 3.20. The van der Waals surface area contributed by atoms with E-state index < -0.39 is 0 Å². The number of carbonyl (C=O) groups excluding carboxylic acids is 2. The number of rotatable bonds is 6. The van der Waals surface area contributed by atoms with Gasteiger partial charge in [0.25, 0.3) is 0 Å². The van der Waals surface area contributed by atoms with Gasteiger partial charge in [-0.3, -0.25) is 9.59 Å². The molecule has 0 radical (unpaired) electrons. The SMILES string of the molecule is COc1cc(/C=C/C(=O)N2CCN(c3ccc(C(C)=O)cc3)CC2)cc(OC)c1. The Hall–Kier alpha value is -3.28. The highest BCUT2D eigenvalue weighted by Gasteiger charge is 2.20. The molecular formula is C23H26N2O4. The molecule has 0 bridgehead atoms. The summed E-state index contributed by atoms with van der Waals surface area (Å²) in [6, 6.07) is 13.1. The predicted molar refractivity (Wildman–Crippen MR) is 114 cm³/mol. The zero-order chi connectivity index (χ0) is 20.8. The minimum atomic E-state index is -0.0154. The third kappa shape index (κ3) is 5.16. The van der Waals surface area contributed by atoms with E-state index in [1.54, 1.807) is 39.4 Å². The molecule has 1 heterocycles. The number of ketones is 1. The number of amides is 1. The van der Waals surface area contributed by atoms with Gasteiger partial charge in [-0.05, 0) is 55.0 Å². The highest BCUT2D eigenvalue weighted by atomic mass is 16.5. The average Bonchev–Trinajstić information content (AvgIpc) is 2.77. The molecular weight excluding hydrogens is 368 g/mol. The van der Waals surface area contributed by atoms with E-state index in [1.807, 2.05) is 41.3 Å². The summed E-state index contributed by atoms with van der Waals surface area (Å²) in [6.45, 7) is 4.38. The number of Topliss-reactive ketones (excluding diaryl/α,β-unsaturated/α-hetero) is 1. The third-order valence-corrected chi connectivity index (χ3v) is 5.02. The van der Waals surface area contributed by atoms with Crippen LogP contribution in [0.5, 0.6) is 11.5 Å². The van der Waals surface area contributed by atoms with Crippen molar-refractivity contribution in [1.82, 2.24) is 4.90 Å². The molecule has 1 fully saturated rings. The van der Waals surface area contributed by atoms with Crippen LogP contribution < -0.4 is 14.4 Å². The van der Waals surface area contributed by atoms with Crippen LogP contribution in [0, 0.1) is 0 Å². The van der Waals surface area contributed by atoms with Gasteiger partial charge < -0.3 is 19.3 Å². The first-order valence-corrected chi connectivity index (χ1v) is 9.56. The van der Waals surface area contributed by atoms with Gasteiger partial charge >= 0.3 is 0 Å². The Morgan fingerprint density at radius 3 is 2.00 bits per heavy atom. The maximum absolute atomic E-state index is 12.6. The Morgan fingerprint density at radius 1 is 0.897 bits per heavy atom. The van der Waals surface area contributed by atoms with Crippen molar-refractivity contribution in [2.75, 3.05) is 45.3 Å². The zero-order valence-electron chi connectivity index (χ0n) is 17.1. The molecule has 2 aromatic carbocycles. The van der Waals surface area contributed by atoms with Crippen LogP contribution in [0.2, 0.25) is 0 Å². The lowest BCUT2D eigenvalue weighted by molar-refractivity contribution is -0.126. The molecule has 0 atom stereocenters. The van der Waals surface area contributed by atoms with E-state index in [1.165, 1.54) is 0 Å². The first-order chi connectivity index (χ1) is 14.0. The van der Waals surface area contributed by atoms with Crippen molar-refractivity contribution in [3.63, 3.8) is 0 Å². The standard InChI is InChI=1S/C23H26N2O4/c1-17(26)19-5-7-20(8-6-19)24-10-12-25(13-11-24)23(27)9-4-18-14-21(28-2)16-22(15-18)29-3/h4-9,14-16H,10-13H2,1-3H3/b9-4+. The van der Waals surface area contributed by atoms with Gasteiger partial charge in [0.15, 0.2) is 5.78 Å². The van der Waals surface area contributed by atoms with E-state index in [0.29, 0.717) is 30.2 Å². The van der Waals surface area contributed by atoms with Gasteiger partial charge in [-0.2, -0.15) is 0 Å². The summed E-state index contributed by atoms with van der Waals surface area (Å²) in [5.74, 6) is 1.41. The minimum absolute atomic E-state index is 0.0154. The van der Waals surface area contributed by atoms with Gasteiger partial charge in [0.05, 0.1) is 14.2 Å². The monoisotopic (exact) mass is 394 g/mol. The minimum Gasteiger partial charge on any atom is -0.497 e. The Kier molecular flexibility index (Phi) is 6.54. The van der Waals surface area contributed by atoms with Crippen LogP contribution in [0.4, 0.5) is 5.69 Å². The smallest absolute Gasteiger partial charge is 0.246 e. The molecule has 6 nitrogen and oxygen atoms in total. The number of methoxy groups -OCH3 is 2. The topological polar surface area (TPSA) is 59.1 Å². The quantitative estimate of drug-likeness (QED) is 0.556. The molecule has 0 aliphatic carbocycles. The molecule has 0 N–H and O–H groups in total. The molecule has 152 valence electrons. The summed E-state index contributed by atoms with van der Waals surface area (Å²) in [6.07, 6.45) is 3.37. The number of hydrogen-bond donors (Lipinski definition) is 0. The largest absolute Gasteiger partial charge is 0.497 e. The van der Waals surface area contributed by atoms with Crippen LogP contribution in [0.1, 0.15) is 22.8 Å². The highest BCUT2D eigenvalue weighted by molar-refractivity contribution is 5.94. The second-order valence-corrected chi connectivity index (χ2v) is 6.89. The van der Waals surface area contributed by atoms with Crippen molar-refractivity contribution in [2.45, 2.75) is 6.92 Å². The Balaban J connectivity index is 1.58. The summed E-state index contributed by atoms with van der Waals surface area (Å²) in [5, 5.41) is 0. The number of ether oxygens (including phenoxy) is 2. The summed E-state index contributed by atoms with van der Waals surface area (Å²) < 4.78 is 10.5. The van der Waals surface area contributed by atoms with E-state index in [-0.39, 0.29) is 11.7 Å².